The molecule has 0 aliphatic heterocycles. The van der Waals surface area contributed by atoms with Gasteiger partial charge in [-0.1, -0.05) is 104 Å². The average Bonchev–Trinajstić information content (AvgIpc) is 2.97. The van der Waals surface area contributed by atoms with E-state index in [0.717, 1.165) is 37.2 Å². The molecule has 1 aliphatic carbocycles. The van der Waals surface area contributed by atoms with Crippen molar-refractivity contribution in [1.82, 2.24) is 5.32 Å². The highest BCUT2D eigenvalue weighted by molar-refractivity contribution is 5.84. The van der Waals surface area contributed by atoms with Crippen molar-refractivity contribution in [3.8, 4) is 5.75 Å². The smallest absolute Gasteiger partial charge is 0.325 e. The van der Waals surface area contributed by atoms with Crippen molar-refractivity contribution in [2.75, 3.05) is 6.61 Å². The second-order valence-corrected chi connectivity index (χ2v) is 14.0. The highest BCUT2D eigenvalue weighted by Gasteiger charge is 2.32. The maximum atomic E-state index is 12.0. The van der Waals surface area contributed by atoms with Crippen LogP contribution in [0.1, 0.15) is 128 Å². The van der Waals surface area contributed by atoms with Crippen LogP contribution in [0.5, 0.6) is 5.75 Å². The molecule has 0 bridgehead atoms. The molecule has 0 saturated heterocycles. The molecule has 0 heterocycles. The van der Waals surface area contributed by atoms with Crippen molar-refractivity contribution in [3.05, 3.63) is 64.2 Å². The van der Waals surface area contributed by atoms with Gasteiger partial charge >= 0.3 is 5.97 Å². The summed E-state index contributed by atoms with van der Waals surface area (Å²) >= 11 is 0. The highest BCUT2D eigenvalue weighted by atomic mass is 16.5. The number of carboxylic acid groups (broad SMARTS) is 1. The van der Waals surface area contributed by atoms with Crippen LogP contribution < -0.4 is 10.1 Å². The Morgan fingerprint density at radius 3 is 1.98 bits per heavy atom. The topological polar surface area (TPSA) is 95.9 Å². The molecule has 1 unspecified atom stereocenters. The van der Waals surface area contributed by atoms with E-state index >= 15 is 0 Å². The lowest BCUT2D eigenvalue weighted by Gasteiger charge is -2.34. The number of amides is 1. The lowest BCUT2D eigenvalue weighted by Crippen LogP contribution is -2.40. The molecule has 44 heavy (non-hydrogen) atoms. The maximum absolute atomic E-state index is 12.0. The minimum atomic E-state index is -1.09. The zero-order chi connectivity index (χ0) is 33.1. The molecule has 6 heteroatoms. The minimum absolute atomic E-state index is 0.123. The molecule has 246 valence electrons. The van der Waals surface area contributed by atoms with Crippen molar-refractivity contribution in [3.63, 3.8) is 0 Å². The number of ether oxygens (including phenoxy) is 1. The fourth-order valence-corrected chi connectivity index (χ4v) is 6.14. The van der Waals surface area contributed by atoms with E-state index < -0.39 is 17.9 Å². The molecule has 3 rings (SSSR count). The van der Waals surface area contributed by atoms with Gasteiger partial charge in [-0.25, -0.2) is 0 Å². The number of aliphatic hydroxyl groups is 1. The fourth-order valence-electron chi connectivity index (χ4n) is 6.14. The first-order valence-electron chi connectivity index (χ1n) is 16.7. The summed E-state index contributed by atoms with van der Waals surface area (Å²) in [6.07, 6.45) is 10.5. The number of aliphatic hydroxyl groups excluding tert-OH is 1. The van der Waals surface area contributed by atoms with Gasteiger partial charge in [0.2, 0.25) is 0 Å². The van der Waals surface area contributed by atoms with E-state index in [1.807, 2.05) is 13.0 Å². The Labute approximate surface area is 267 Å². The van der Waals surface area contributed by atoms with Crippen LogP contribution >= 0.6 is 0 Å². The van der Waals surface area contributed by atoms with E-state index in [0.29, 0.717) is 5.75 Å². The number of benzene rings is 2. The van der Waals surface area contributed by atoms with Gasteiger partial charge in [0.15, 0.2) is 6.61 Å². The number of aryl methyl sites for hydroxylation is 3. The van der Waals surface area contributed by atoms with Crippen molar-refractivity contribution in [2.45, 2.75) is 138 Å². The molecule has 0 spiro atoms. The predicted molar refractivity (Wildman–Crippen MR) is 180 cm³/mol. The number of hydrogen-bond acceptors (Lipinski definition) is 4. The van der Waals surface area contributed by atoms with Gasteiger partial charge in [-0.05, 0) is 91.7 Å². The van der Waals surface area contributed by atoms with E-state index in [2.05, 4.69) is 84.1 Å². The first kappa shape index (κ1) is 37.3. The van der Waals surface area contributed by atoms with Crippen molar-refractivity contribution >= 4 is 11.9 Å². The van der Waals surface area contributed by atoms with Crippen LogP contribution in [-0.2, 0) is 21.4 Å². The third kappa shape index (κ3) is 10.6. The lowest BCUT2D eigenvalue weighted by molar-refractivity contribution is -0.141. The Morgan fingerprint density at radius 1 is 0.955 bits per heavy atom. The van der Waals surface area contributed by atoms with Gasteiger partial charge in [0, 0.05) is 5.41 Å². The quantitative estimate of drug-likeness (QED) is 0.225. The van der Waals surface area contributed by atoms with Crippen LogP contribution in [-0.4, -0.2) is 40.8 Å². The minimum Gasteiger partial charge on any atom is -0.484 e. The SMILES string of the molecule is CC1CCCCC1.CCC(CC)(c1ccc(CCC(O)C(C)(C)C)c(C)c1)c1ccc(OCC(=O)N[C@@H](C)C(=O)O)c(C)c1. The molecule has 1 amide bonds. The largest absolute Gasteiger partial charge is 0.484 e. The van der Waals surface area contributed by atoms with Crippen molar-refractivity contribution in [1.29, 1.82) is 0 Å². The molecule has 2 aromatic rings. The fraction of sp³-hybridized carbons (Fsp3) is 0.632. The normalized spacial score (nSPS) is 15.5. The third-order valence-electron chi connectivity index (χ3n) is 9.52. The Bertz CT molecular complexity index is 1200. The molecule has 2 atom stereocenters. The average molecular weight is 610 g/mol. The van der Waals surface area contributed by atoms with Crippen LogP contribution in [0.2, 0.25) is 0 Å². The number of hydrogen-bond donors (Lipinski definition) is 3. The van der Waals surface area contributed by atoms with Gasteiger partial charge in [0.1, 0.15) is 11.8 Å². The molecule has 1 saturated carbocycles. The summed E-state index contributed by atoms with van der Waals surface area (Å²) in [5.74, 6) is 0.0798. The summed E-state index contributed by atoms with van der Waals surface area (Å²) in [6, 6.07) is 11.9. The summed E-state index contributed by atoms with van der Waals surface area (Å²) in [5.41, 5.74) is 5.61. The monoisotopic (exact) mass is 609 g/mol. The van der Waals surface area contributed by atoms with Gasteiger partial charge < -0.3 is 20.3 Å². The maximum Gasteiger partial charge on any atom is 0.325 e. The molecule has 1 aliphatic rings. The summed E-state index contributed by atoms with van der Waals surface area (Å²) in [5, 5.41) is 21.8. The van der Waals surface area contributed by atoms with E-state index in [9.17, 15) is 14.7 Å². The van der Waals surface area contributed by atoms with Gasteiger partial charge in [-0.15, -0.1) is 0 Å². The Balaban J connectivity index is 0.000000843. The van der Waals surface area contributed by atoms with E-state index in [-0.39, 0.29) is 23.5 Å². The van der Waals surface area contributed by atoms with Crippen LogP contribution in [0.3, 0.4) is 0 Å². The van der Waals surface area contributed by atoms with Gasteiger partial charge in [0.05, 0.1) is 6.10 Å². The molecule has 1 fully saturated rings. The summed E-state index contributed by atoms with van der Waals surface area (Å²) in [6.45, 7) is 18.3. The number of carbonyl (C=O) groups excluding carboxylic acids is 1. The first-order valence-corrected chi connectivity index (χ1v) is 16.7. The van der Waals surface area contributed by atoms with Crippen molar-refractivity contribution in [2.24, 2.45) is 11.3 Å². The Hall–Kier alpha value is -2.86. The molecule has 0 aromatic heterocycles. The zero-order valence-corrected chi connectivity index (χ0v) is 28.9. The second-order valence-electron chi connectivity index (χ2n) is 14.0. The van der Waals surface area contributed by atoms with Crippen LogP contribution in [0.15, 0.2) is 36.4 Å². The molecular weight excluding hydrogens is 550 g/mol. The van der Waals surface area contributed by atoms with Gasteiger partial charge in [-0.3, -0.25) is 9.59 Å². The molecular formula is C38H59NO5. The number of rotatable bonds is 12. The number of carbonyl (C=O) groups is 2. The van der Waals surface area contributed by atoms with Crippen LogP contribution in [0.4, 0.5) is 0 Å². The number of aliphatic carboxylic acids is 1. The standard InChI is InChI=1S/C31H45NO5.C7H14/c1-9-31(10-2,24-13-11-23(20(3)17-24)12-16-27(33)30(6,7)8)25-14-15-26(21(4)18-25)37-19-28(34)32-22(5)29(35)36;1-7-5-3-2-4-6-7/h11,13-15,17-18,22,27,33H,9-10,12,16,19H2,1-8H3,(H,32,34)(H,35,36);7H,2-6H2,1H3/t22-,27?;/m0./s1. The van der Waals surface area contributed by atoms with Crippen LogP contribution in [0.25, 0.3) is 0 Å². The highest BCUT2D eigenvalue weighted by Crippen LogP contribution is 2.41. The molecule has 6 nitrogen and oxygen atoms in total. The molecule has 0 radical (unpaired) electrons. The van der Waals surface area contributed by atoms with Crippen molar-refractivity contribution < 1.29 is 24.5 Å². The lowest BCUT2D eigenvalue weighted by atomic mass is 9.69. The molecule has 2 aromatic carbocycles. The van der Waals surface area contributed by atoms with E-state index in [1.165, 1.54) is 61.3 Å². The van der Waals surface area contributed by atoms with E-state index in [1.54, 1.807) is 0 Å². The van der Waals surface area contributed by atoms with Gasteiger partial charge in [0.25, 0.3) is 5.91 Å². The number of carboxylic acids is 1. The third-order valence-corrected chi connectivity index (χ3v) is 9.52. The first-order chi connectivity index (χ1) is 20.6. The Kier molecular flexibility index (Phi) is 14.4. The summed E-state index contributed by atoms with van der Waals surface area (Å²) in [4.78, 5) is 23.0. The predicted octanol–water partition coefficient (Wildman–Crippen LogP) is 8.30. The number of nitrogens with one attached hydrogen (secondary N) is 1. The van der Waals surface area contributed by atoms with E-state index in [4.69, 9.17) is 9.84 Å². The summed E-state index contributed by atoms with van der Waals surface area (Å²) in [7, 11) is 0. The summed E-state index contributed by atoms with van der Waals surface area (Å²) < 4.78 is 5.70. The Morgan fingerprint density at radius 2 is 1.52 bits per heavy atom. The van der Waals surface area contributed by atoms with Crippen LogP contribution in [0, 0.1) is 25.2 Å². The molecule has 3 N–H and O–H groups in total. The second kappa shape index (κ2) is 17.0. The zero-order valence-electron chi connectivity index (χ0n) is 28.9. The van der Waals surface area contributed by atoms with Gasteiger partial charge in [-0.2, -0.15) is 0 Å².